The first-order chi connectivity index (χ1) is 18.3. The lowest BCUT2D eigenvalue weighted by Crippen LogP contribution is -2.41. The number of anilines is 2. The molecule has 0 saturated carbocycles. The van der Waals surface area contributed by atoms with Crippen LogP contribution in [0.2, 0.25) is 0 Å². The van der Waals surface area contributed by atoms with E-state index < -0.39 is 24.1 Å². The third-order valence-electron chi connectivity index (χ3n) is 6.23. The lowest BCUT2D eigenvalue weighted by atomic mass is 9.80. The summed E-state index contributed by atoms with van der Waals surface area (Å²) in [6.45, 7) is 0.839. The molecule has 0 amide bonds. The minimum atomic E-state index is -3.15. The molecule has 4 aromatic heterocycles. The van der Waals surface area contributed by atoms with E-state index in [1.165, 1.54) is 12.4 Å². The van der Waals surface area contributed by atoms with Crippen LogP contribution in [-0.2, 0) is 12.6 Å². The summed E-state index contributed by atoms with van der Waals surface area (Å²) in [6, 6.07) is 1.96. The van der Waals surface area contributed by atoms with E-state index in [2.05, 4.69) is 47.6 Å². The molecule has 0 aliphatic heterocycles. The van der Waals surface area contributed by atoms with Gasteiger partial charge in [0.15, 0.2) is 17.6 Å². The van der Waals surface area contributed by atoms with Crippen LogP contribution in [0.5, 0.6) is 0 Å². The van der Waals surface area contributed by atoms with E-state index >= 15 is 0 Å². The van der Waals surface area contributed by atoms with Crippen molar-refractivity contribution in [3.8, 4) is 23.0 Å². The zero-order valence-electron chi connectivity index (χ0n) is 20.3. The molecule has 0 bridgehead atoms. The van der Waals surface area contributed by atoms with Gasteiger partial charge in [-0.15, -0.1) is 0 Å². The average molecular weight is 524 g/mol. The predicted molar refractivity (Wildman–Crippen MR) is 134 cm³/mol. The number of fused-ring (bicyclic) bond motifs is 1. The van der Waals surface area contributed by atoms with Crippen molar-refractivity contribution in [1.29, 1.82) is 0 Å². The van der Waals surface area contributed by atoms with E-state index in [1.54, 1.807) is 15.4 Å². The minimum absolute atomic E-state index is 0.120. The second-order valence-electron chi connectivity index (χ2n) is 8.76. The van der Waals surface area contributed by atoms with E-state index in [9.17, 15) is 18.3 Å². The van der Waals surface area contributed by atoms with Gasteiger partial charge in [-0.1, -0.05) is 17.9 Å². The van der Waals surface area contributed by atoms with Crippen molar-refractivity contribution < 1.29 is 18.3 Å². The molecule has 0 spiro atoms. The van der Waals surface area contributed by atoms with Gasteiger partial charge in [-0.2, -0.15) is 10.2 Å². The van der Waals surface area contributed by atoms with Crippen molar-refractivity contribution in [2.24, 2.45) is 13.0 Å². The first kappa shape index (κ1) is 25.2. The summed E-state index contributed by atoms with van der Waals surface area (Å²) >= 11 is 0. The molecule has 5 rings (SSSR count). The first-order valence-electron chi connectivity index (χ1n) is 11.8. The van der Waals surface area contributed by atoms with Gasteiger partial charge in [-0.05, 0) is 12.1 Å². The largest absolute Gasteiger partial charge is 0.378 e. The topological polar surface area (TPSA) is 118 Å². The maximum Gasteiger partial charge on any atom is 0.271 e. The van der Waals surface area contributed by atoms with E-state index in [0.29, 0.717) is 18.9 Å². The number of aliphatic hydroxyl groups is 1. The van der Waals surface area contributed by atoms with Crippen LogP contribution in [0.15, 0.2) is 55.5 Å². The maximum atomic E-state index is 14.0. The van der Waals surface area contributed by atoms with Gasteiger partial charge < -0.3 is 15.7 Å². The van der Waals surface area contributed by atoms with Gasteiger partial charge in [0.05, 0.1) is 6.20 Å². The highest BCUT2D eigenvalue weighted by Crippen LogP contribution is 2.38. The zero-order valence-corrected chi connectivity index (χ0v) is 20.3. The Morgan fingerprint density at radius 1 is 1.08 bits per heavy atom. The molecule has 4 aromatic rings. The van der Waals surface area contributed by atoms with Gasteiger partial charge in [0, 0.05) is 74.0 Å². The SMILES string of the molecule is Cn1cc(-c2cc3c(NCCNc4ncc([C@@](O)(C(F)F)C5C=CC(F)C#CC5)cn4)ncnn3c2)cn1. The van der Waals surface area contributed by atoms with Crippen molar-refractivity contribution in [3.63, 3.8) is 0 Å². The van der Waals surface area contributed by atoms with E-state index in [4.69, 9.17) is 0 Å². The minimum Gasteiger partial charge on any atom is -0.378 e. The lowest BCUT2D eigenvalue weighted by molar-refractivity contribution is -0.128. The molecule has 10 nitrogen and oxygen atoms in total. The van der Waals surface area contributed by atoms with Crippen LogP contribution < -0.4 is 10.6 Å². The average Bonchev–Trinajstić information content (AvgIpc) is 3.48. The smallest absolute Gasteiger partial charge is 0.271 e. The number of aryl methyl sites for hydroxylation is 1. The molecule has 38 heavy (non-hydrogen) atoms. The van der Waals surface area contributed by atoms with Crippen LogP contribution in [-0.4, -0.2) is 65.1 Å². The third-order valence-corrected chi connectivity index (χ3v) is 6.23. The third kappa shape index (κ3) is 5.03. The Bertz CT molecular complexity index is 1510. The standard InChI is InChI=1S/C25H24F3N9O/c1-36-13-17(10-34-36)16-9-21-22(33-15-35-37(21)14-16)29-7-8-30-24-31-11-19(12-32-24)25(38,23(27)28)18-3-2-4-20(26)6-5-18/h5-6,9-15,18,20,23,38H,3,7-8H2,1H3,(H,29,33,35)(H,30,31,32)/t18?,20?,25-/m1/s1. The normalized spacial score (nSPS) is 18.6. The van der Waals surface area contributed by atoms with Crippen LogP contribution in [0.4, 0.5) is 24.9 Å². The van der Waals surface area contributed by atoms with Crippen LogP contribution in [0.25, 0.3) is 16.6 Å². The fraction of sp³-hybridized carbons (Fsp3) is 0.320. The van der Waals surface area contributed by atoms with Crippen LogP contribution in [0, 0.1) is 17.8 Å². The summed E-state index contributed by atoms with van der Waals surface area (Å²) in [7, 11) is 1.85. The first-order valence-corrected chi connectivity index (χ1v) is 11.8. The van der Waals surface area contributed by atoms with Crippen molar-refractivity contribution in [1.82, 2.24) is 34.3 Å². The summed E-state index contributed by atoms with van der Waals surface area (Å²) in [6.07, 6.45) is 6.76. The molecule has 13 heteroatoms. The van der Waals surface area contributed by atoms with Crippen molar-refractivity contribution in [3.05, 3.63) is 61.1 Å². The molecule has 4 heterocycles. The van der Waals surface area contributed by atoms with Gasteiger partial charge in [0.25, 0.3) is 6.43 Å². The monoisotopic (exact) mass is 523 g/mol. The molecule has 3 N–H and O–H groups in total. The molecule has 1 aliphatic carbocycles. The number of nitrogens with one attached hydrogen (secondary N) is 2. The lowest BCUT2D eigenvalue weighted by Gasteiger charge is -2.32. The molecule has 0 radical (unpaired) electrons. The maximum absolute atomic E-state index is 14.0. The number of rotatable bonds is 9. The van der Waals surface area contributed by atoms with Gasteiger partial charge in [-0.25, -0.2) is 32.6 Å². The van der Waals surface area contributed by atoms with Crippen molar-refractivity contribution >= 4 is 17.3 Å². The predicted octanol–water partition coefficient (Wildman–Crippen LogP) is 2.81. The summed E-state index contributed by atoms with van der Waals surface area (Å²) in [4.78, 5) is 12.5. The highest BCUT2D eigenvalue weighted by molar-refractivity contribution is 5.76. The van der Waals surface area contributed by atoms with Crippen LogP contribution >= 0.6 is 0 Å². The molecule has 0 fully saturated rings. The summed E-state index contributed by atoms with van der Waals surface area (Å²) in [5.74, 6) is 4.50. The molecule has 1 aliphatic rings. The number of aromatic nitrogens is 7. The molecule has 2 unspecified atom stereocenters. The second kappa shape index (κ2) is 10.5. The van der Waals surface area contributed by atoms with E-state index in [1.807, 2.05) is 25.5 Å². The van der Waals surface area contributed by atoms with Gasteiger partial charge in [-0.3, -0.25) is 4.68 Å². The Balaban J connectivity index is 1.22. The van der Waals surface area contributed by atoms with Gasteiger partial charge in [0.1, 0.15) is 11.8 Å². The number of hydrogen-bond donors (Lipinski definition) is 3. The fourth-order valence-corrected chi connectivity index (χ4v) is 4.19. The van der Waals surface area contributed by atoms with E-state index in [0.717, 1.165) is 35.1 Å². The number of nitrogens with zero attached hydrogens (tertiary/aromatic N) is 7. The number of allylic oxidation sites excluding steroid dienone is 1. The highest BCUT2D eigenvalue weighted by Gasteiger charge is 2.46. The van der Waals surface area contributed by atoms with Gasteiger partial charge in [0.2, 0.25) is 5.95 Å². The second-order valence-corrected chi connectivity index (χ2v) is 8.76. The summed E-state index contributed by atoms with van der Waals surface area (Å²) in [5.41, 5.74) is -0.0763. The number of halogens is 3. The Kier molecular flexibility index (Phi) is 6.97. The zero-order chi connectivity index (χ0) is 26.7. The molecule has 3 atom stereocenters. The molecular formula is C25H24F3N9O. The Morgan fingerprint density at radius 2 is 1.87 bits per heavy atom. The quantitative estimate of drug-likeness (QED) is 0.174. The fourth-order valence-electron chi connectivity index (χ4n) is 4.19. The van der Waals surface area contributed by atoms with Crippen LogP contribution in [0.1, 0.15) is 12.0 Å². The van der Waals surface area contributed by atoms with E-state index in [-0.39, 0.29) is 17.9 Å². The van der Waals surface area contributed by atoms with Crippen molar-refractivity contribution in [2.75, 3.05) is 23.7 Å². The van der Waals surface area contributed by atoms with Gasteiger partial charge >= 0.3 is 0 Å². The summed E-state index contributed by atoms with van der Waals surface area (Å²) in [5, 5.41) is 25.5. The molecule has 0 saturated heterocycles. The van der Waals surface area contributed by atoms with Crippen molar-refractivity contribution in [2.45, 2.75) is 24.6 Å². The van der Waals surface area contributed by atoms with Crippen LogP contribution in [0.3, 0.4) is 0 Å². The highest BCUT2D eigenvalue weighted by atomic mass is 19.3. The molecule has 0 aromatic carbocycles. The molecule has 196 valence electrons. The number of hydrogen-bond acceptors (Lipinski definition) is 8. The summed E-state index contributed by atoms with van der Waals surface area (Å²) < 4.78 is 44.9. The number of alkyl halides is 3. The Labute approximate surface area is 215 Å². The molecular weight excluding hydrogens is 499 g/mol. The Morgan fingerprint density at radius 3 is 2.61 bits per heavy atom. The Hall–Kier alpha value is -4.44.